The summed E-state index contributed by atoms with van der Waals surface area (Å²) in [6.07, 6.45) is 0.964. The van der Waals surface area contributed by atoms with Crippen molar-refractivity contribution in [1.29, 1.82) is 0 Å². The van der Waals surface area contributed by atoms with Crippen LogP contribution in [-0.2, 0) is 27.8 Å². The number of nitrogens with zero attached hydrogens (tertiary/aromatic N) is 3. The summed E-state index contributed by atoms with van der Waals surface area (Å²) in [5.41, 5.74) is 2.27. The van der Waals surface area contributed by atoms with Gasteiger partial charge in [0.1, 0.15) is 5.69 Å². The number of benzene rings is 1. The van der Waals surface area contributed by atoms with Gasteiger partial charge in [-0.25, -0.2) is 8.42 Å². The van der Waals surface area contributed by atoms with Gasteiger partial charge in [0.05, 0.1) is 24.0 Å². The first-order valence-corrected chi connectivity index (χ1v) is 11.6. The lowest BCUT2D eigenvalue weighted by Gasteiger charge is -2.27. The van der Waals surface area contributed by atoms with Crippen molar-refractivity contribution < 1.29 is 17.9 Å². The van der Waals surface area contributed by atoms with E-state index < -0.39 is 15.3 Å². The molecular formula is C20H23N5O4S. The number of nitrogens with one attached hydrogen (secondary N) is 2. The minimum absolute atomic E-state index is 0.0806. The summed E-state index contributed by atoms with van der Waals surface area (Å²) >= 11 is 0. The van der Waals surface area contributed by atoms with Crippen LogP contribution in [0.1, 0.15) is 29.0 Å². The minimum atomic E-state index is -3.51. The molecule has 0 bridgehead atoms. The molecule has 3 aromatic rings. The second-order valence-corrected chi connectivity index (χ2v) is 9.66. The van der Waals surface area contributed by atoms with E-state index >= 15 is 0 Å². The summed E-state index contributed by atoms with van der Waals surface area (Å²) in [7, 11) is -3.51. The van der Waals surface area contributed by atoms with E-state index in [0.717, 1.165) is 16.6 Å². The molecule has 0 saturated carbocycles. The number of para-hydroxylation sites is 1. The van der Waals surface area contributed by atoms with Crippen molar-refractivity contribution in [3.8, 4) is 0 Å². The Hall–Kier alpha value is -2.85. The van der Waals surface area contributed by atoms with E-state index in [1.807, 2.05) is 30.3 Å². The van der Waals surface area contributed by atoms with Gasteiger partial charge in [-0.2, -0.15) is 5.10 Å². The van der Waals surface area contributed by atoms with Crippen molar-refractivity contribution in [2.75, 3.05) is 24.5 Å². The molecule has 0 aliphatic carbocycles. The molecule has 1 fully saturated rings. The van der Waals surface area contributed by atoms with E-state index in [2.05, 4.69) is 14.8 Å². The van der Waals surface area contributed by atoms with Gasteiger partial charge in [-0.05, 0) is 25.0 Å². The molecular weight excluding hydrogens is 406 g/mol. The zero-order chi connectivity index (χ0) is 20.7. The molecule has 9 nitrogen and oxygen atoms in total. The highest BCUT2D eigenvalue weighted by Gasteiger charge is 2.30. The van der Waals surface area contributed by atoms with Crippen LogP contribution in [0.3, 0.4) is 0 Å². The van der Waals surface area contributed by atoms with Gasteiger partial charge in [0.2, 0.25) is 10.0 Å². The van der Waals surface area contributed by atoms with E-state index in [1.54, 1.807) is 15.6 Å². The third-order valence-electron chi connectivity index (χ3n) is 5.70. The maximum absolute atomic E-state index is 13.0. The molecule has 2 N–H and O–H groups in total. The molecule has 0 atom stereocenters. The third kappa shape index (κ3) is 3.56. The van der Waals surface area contributed by atoms with Crippen LogP contribution in [-0.4, -0.2) is 59.0 Å². The van der Waals surface area contributed by atoms with Crippen molar-refractivity contribution in [2.45, 2.75) is 31.2 Å². The molecule has 0 spiro atoms. The van der Waals surface area contributed by atoms with Crippen molar-refractivity contribution in [3.63, 3.8) is 0 Å². The highest BCUT2D eigenvalue weighted by molar-refractivity contribution is 7.93. The fourth-order valence-electron chi connectivity index (χ4n) is 4.06. The van der Waals surface area contributed by atoms with Crippen LogP contribution in [0, 0.1) is 0 Å². The minimum Gasteiger partial charge on any atom is -0.381 e. The Bertz CT molecular complexity index is 1160. The first kappa shape index (κ1) is 19.1. The Kier molecular flexibility index (Phi) is 4.75. The average molecular weight is 430 g/mol. The van der Waals surface area contributed by atoms with Gasteiger partial charge in [0.25, 0.3) is 5.91 Å². The molecule has 1 saturated heterocycles. The first-order valence-electron chi connectivity index (χ1n) is 10.0. The monoisotopic (exact) mass is 429 g/mol. The average Bonchev–Trinajstić information content (AvgIpc) is 3.36. The normalized spacial score (nSPS) is 17.8. The molecule has 30 heavy (non-hydrogen) atoms. The maximum Gasteiger partial charge on any atom is 0.270 e. The zero-order valence-electron chi connectivity index (χ0n) is 16.4. The molecule has 0 unspecified atom stereocenters. The summed E-state index contributed by atoms with van der Waals surface area (Å²) in [6, 6.07) is 11.3. The van der Waals surface area contributed by atoms with Crippen LogP contribution in [0.5, 0.6) is 0 Å². The number of H-pyrrole nitrogens is 1. The Morgan fingerprint density at radius 1 is 1.17 bits per heavy atom. The second kappa shape index (κ2) is 7.44. The first-order chi connectivity index (χ1) is 14.5. The van der Waals surface area contributed by atoms with Crippen molar-refractivity contribution in [1.82, 2.24) is 19.7 Å². The van der Waals surface area contributed by atoms with E-state index in [1.165, 1.54) is 0 Å². The van der Waals surface area contributed by atoms with Crippen LogP contribution < -0.4 is 4.72 Å². The molecule has 1 aromatic carbocycles. The van der Waals surface area contributed by atoms with Gasteiger partial charge < -0.3 is 14.6 Å². The Balaban J connectivity index is 1.31. The fraction of sp³-hybridized carbons (Fsp3) is 0.400. The van der Waals surface area contributed by atoms with Gasteiger partial charge in [-0.3, -0.25) is 14.2 Å². The topological polar surface area (TPSA) is 109 Å². The van der Waals surface area contributed by atoms with Crippen LogP contribution in [0.15, 0.2) is 36.4 Å². The van der Waals surface area contributed by atoms with Crippen molar-refractivity contribution >= 4 is 32.7 Å². The summed E-state index contributed by atoms with van der Waals surface area (Å²) in [6.45, 7) is 2.31. The number of carbonyl (C=O) groups excluding carboxylic acids is 1. The second-order valence-electron chi connectivity index (χ2n) is 7.70. The number of aromatic nitrogens is 3. The predicted molar refractivity (Wildman–Crippen MR) is 112 cm³/mol. The SMILES string of the molecule is O=C(c1cc2ccccc2[nH]1)N1CCn2nc(NS(=O)(=O)C3CCOCC3)cc2C1. The number of carbonyl (C=O) groups is 1. The number of rotatable bonds is 4. The zero-order valence-corrected chi connectivity index (χ0v) is 17.2. The Morgan fingerprint density at radius 3 is 2.77 bits per heavy atom. The quantitative estimate of drug-likeness (QED) is 0.659. The Morgan fingerprint density at radius 2 is 1.97 bits per heavy atom. The van der Waals surface area contributed by atoms with Gasteiger partial charge >= 0.3 is 0 Å². The van der Waals surface area contributed by atoms with Crippen molar-refractivity contribution in [3.05, 3.63) is 47.8 Å². The number of hydrogen-bond acceptors (Lipinski definition) is 5. The summed E-state index contributed by atoms with van der Waals surface area (Å²) in [5, 5.41) is 4.91. The number of fused-ring (bicyclic) bond motifs is 2. The van der Waals surface area contributed by atoms with Crippen LogP contribution in [0.2, 0.25) is 0 Å². The number of amides is 1. The highest BCUT2D eigenvalue weighted by atomic mass is 32.2. The lowest BCUT2D eigenvalue weighted by Crippen LogP contribution is -2.38. The Labute approximate surface area is 174 Å². The van der Waals surface area contributed by atoms with Gasteiger partial charge in [0.15, 0.2) is 5.82 Å². The van der Waals surface area contributed by atoms with Crippen molar-refractivity contribution in [2.24, 2.45) is 0 Å². The lowest BCUT2D eigenvalue weighted by molar-refractivity contribution is 0.0701. The standard InChI is InChI=1S/C20H23N5O4S/c26-20(18-11-14-3-1-2-4-17(14)21-18)24-7-8-25-15(13-24)12-19(22-25)23-30(27,28)16-5-9-29-10-6-16/h1-4,11-12,16,21H,5-10,13H2,(H,22,23). The van der Waals surface area contributed by atoms with Crippen LogP contribution >= 0.6 is 0 Å². The highest BCUT2D eigenvalue weighted by Crippen LogP contribution is 2.23. The van der Waals surface area contributed by atoms with E-state index in [4.69, 9.17) is 4.74 Å². The van der Waals surface area contributed by atoms with Gasteiger partial charge in [-0.15, -0.1) is 0 Å². The van der Waals surface area contributed by atoms with Gasteiger partial charge in [-0.1, -0.05) is 18.2 Å². The van der Waals surface area contributed by atoms with E-state index in [0.29, 0.717) is 57.2 Å². The molecule has 5 rings (SSSR count). The molecule has 2 aromatic heterocycles. The lowest BCUT2D eigenvalue weighted by atomic mass is 10.2. The van der Waals surface area contributed by atoms with E-state index in [-0.39, 0.29) is 5.91 Å². The van der Waals surface area contributed by atoms with Gasteiger partial charge in [0, 0.05) is 36.7 Å². The summed E-state index contributed by atoms with van der Waals surface area (Å²) in [4.78, 5) is 17.9. The number of ether oxygens (including phenoxy) is 1. The summed E-state index contributed by atoms with van der Waals surface area (Å²) in [5.74, 6) is 0.222. The number of aromatic amines is 1. The van der Waals surface area contributed by atoms with Crippen LogP contribution in [0.4, 0.5) is 5.82 Å². The van der Waals surface area contributed by atoms with Crippen LogP contribution in [0.25, 0.3) is 10.9 Å². The molecule has 2 aliphatic rings. The molecule has 158 valence electrons. The maximum atomic E-state index is 13.0. The smallest absolute Gasteiger partial charge is 0.270 e. The molecule has 1 amide bonds. The largest absolute Gasteiger partial charge is 0.381 e. The third-order valence-corrected chi connectivity index (χ3v) is 7.54. The number of hydrogen-bond donors (Lipinski definition) is 2. The predicted octanol–water partition coefficient (Wildman–Crippen LogP) is 1.94. The van der Waals surface area contributed by atoms with E-state index in [9.17, 15) is 13.2 Å². The molecule has 10 heteroatoms. The number of anilines is 1. The molecule has 4 heterocycles. The number of sulfonamides is 1. The fourth-order valence-corrected chi connectivity index (χ4v) is 5.43. The molecule has 2 aliphatic heterocycles. The summed E-state index contributed by atoms with van der Waals surface area (Å²) < 4.78 is 34.9. The molecule has 0 radical (unpaired) electrons.